The Kier molecular flexibility index (Phi) is 13.7. The third kappa shape index (κ3) is 9.51. The van der Waals surface area contributed by atoms with Crippen LogP contribution in [0.1, 0.15) is 13.8 Å². The first kappa shape index (κ1) is 18.7. The smallest absolute Gasteiger partial charge is 0.404 e. The Balaban J connectivity index is 0. The van der Waals surface area contributed by atoms with Crippen LogP contribution in [-0.4, -0.2) is 67.3 Å². The molecular weight excluding hydrogens is 283 g/mol. The Morgan fingerprint density at radius 3 is 2.19 bits per heavy atom. The van der Waals surface area contributed by atoms with Crippen molar-refractivity contribution < 1.29 is 42.6 Å². The Morgan fingerprint density at radius 1 is 1.25 bits per heavy atom. The van der Waals surface area contributed by atoms with Gasteiger partial charge in [0.1, 0.15) is 0 Å². The zero-order chi connectivity index (χ0) is 11.7. The number of hydrogen-bond donors (Lipinski definition) is 2. The topological polar surface area (TPSA) is 55.8 Å². The van der Waals surface area contributed by atoms with Crippen molar-refractivity contribution in [2.24, 2.45) is 0 Å². The molecule has 0 spiro atoms. The first-order valence-electron chi connectivity index (χ1n) is 5.56. The molecule has 93 valence electrons. The molecule has 0 saturated carbocycles. The van der Waals surface area contributed by atoms with Crippen LogP contribution in [0.15, 0.2) is 0 Å². The molecule has 0 aromatic rings. The quantitative estimate of drug-likeness (QED) is 0.798. The number of nitrogens with zero attached hydrogens (tertiary/aromatic N) is 2. The fraction of sp³-hybridized carbons (Fsp3) is 0.900. The molecule has 1 radical (unpaired) electrons. The van der Waals surface area contributed by atoms with Crippen LogP contribution in [-0.2, 0) is 32.7 Å². The van der Waals surface area contributed by atoms with Gasteiger partial charge in [-0.05, 0) is 7.05 Å². The number of carboxylic acid groups (broad SMARTS) is 1. The molecular formula is C10H23N3O2Y. The van der Waals surface area contributed by atoms with Crippen molar-refractivity contribution in [2.45, 2.75) is 13.8 Å². The summed E-state index contributed by atoms with van der Waals surface area (Å²) in [5, 5.41) is 10.7. The van der Waals surface area contributed by atoms with Crippen molar-refractivity contribution in [3.05, 3.63) is 0 Å². The second-order valence-electron chi connectivity index (χ2n) is 3.38. The van der Waals surface area contributed by atoms with Gasteiger partial charge in [-0.1, -0.05) is 13.8 Å². The minimum absolute atomic E-state index is 0. The molecule has 0 aromatic heterocycles. The molecule has 0 aliphatic carbocycles. The molecule has 0 unspecified atom stereocenters. The molecule has 1 aliphatic rings. The van der Waals surface area contributed by atoms with Crippen molar-refractivity contribution >= 4 is 6.09 Å². The molecule has 0 atom stereocenters. The Labute approximate surface area is 123 Å². The van der Waals surface area contributed by atoms with E-state index in [9.17, 15) is 4.79 Å². The zero-order valence-electron chi connectivity index (χ0n) is 10.6. The fourth-order valence-corrected chi connectivity index (χ4v) is 1.39. The van der Waals surface area contributed by atoms with Crippen LogP contribution < -0.4 is 5.32 Å². The van der Waals surface area contributed by atoms with E-state index in [2.05, 4.69) is 22.2 Å². The number of piperazine rings is 1. The van der Waals surface area contributed by atoms with Crippen LogP contribution in [0.3, 0.4) is 0 Å². The summed E-state index contributed by atoms with van der Waals surface area (Å²) in [6, 6.07) is 0. The molecule has 1 amide bonds. The molecule has 0 bridgehead atoms. The van der Waals surface area contributed by atoms with Gasteiger partial charge in [-0.15, -0.1) is 0 Å². The summed E-state index contributed by atoms with van der Waals surface area (Å²) in [5.41, 5.74) is 0. The van der Waals surface area contributed by atoms with Gasteiger partial charge >= 0.3 is 6.09 Å². The van der Waals surface area contributed by atoms with Crippen LogP contribution in [0.4, 0.5) is 4.79 Å². The van der Waals surface area contributed by atoms with E-state index in [-0.39, 0.29) is 32.7 Å². The summed E-state index contributed by atoms with van der Waals surface area (Å²) in [7, 11) is 2.10. The van der Waals surface area contributed by atoms with Gasteiger partial charge in [0.15, 0.2) is 0 Å². The van der Waals surface area contributed by atoms with E-state index in [0.717, 1.165) is 32.7 Å². The minimum Gasteiger partial charge on any atom is -0.465 e. The monoisotopic (exact) mass is 306 g/mol. The van der Waals surface area contributed by atoms with Crippen molar-refractivity contribution in [1.82, 2.24) is 15.1 Å². The van der Waals surface area contributed by atoms with Crippen molar-refractivity contribution in [3.8, 4) is 0 Å². The molecule has 0 aromatic carbocycles. The van der Waals surface area contributed by atoms with Crippen LogP contribution >= 0.6 is 0 Å². The molecule has 1 aliphatic heterocycles. The van der Waals surface area contributed by atoms with Crippen LogP contribution in [0.2, 0.25) is 0 Å². The second kappa shape index (κ2) is 11.8. The van der Waals surface area contributed by atoms with E-state index in [1.807, 2.05) is 13.8 Å². The number of rotatable bonds is 3. The average molecular weight is 306 g/mol. The number of hydrogen-bond acceptors (Lipinski definition) is 3. The number of amides is 1. The summed E-state index contributed by atoms with van der Waals surface area (Å²) in [6.07, 6.45) is -0.936. The van der Waals surface area contributed by atoms with E-state index in [4.69, 9.17) is 5.11 Å². The average Bonchev–Trinajstić information content (AvgIpc) is 2.23. The molecule has 1 fully saturated rings. The molecule has 1 heterocycles. The summed E-state index contributed by atoms with van der Waals surface area (Å²) in [5.74, 6) is 0. The normalized spacial score (nSPS) is 16.7. The molecule has 16 heavy (non-hydrogen) atoms. The predicted molar refractivity (Wildman–Crippen MR) is 61.3 cm³/mol. The van der Waals surface area contributed by atoms with Crippen molar-refractivity contribution in [1.29, 1.82) is 0 Å². The van der Waals surface area contributed by atoms with Crippen LogP contribution in [0, 0.1) is 0 Å². The van der Waals surface area contributed by atoms with Gasteiger partial charge < -0.3 is 15.3 Å². The molecule has 2 N–H and O–H groups in total. The van der Waals surface area contributed by atoms with E-state index < -0.39 is 6.09 Å². The molecule has 6 heteroatoms. The minimum atomic E-state index is -0.936. The van der Waals surface area contributed by atoms with Crippen molar-refractivity contribution in [3.63, 3.8) is 0 Å². The third-order valence-corrected chi connectivity index (χ3v) is 2.30. The summed E-state index contributed by atoms with van der Waals surface area (Å²) < 4.78 is 0. The number of nitrogens with one attached hydrogen (secondary N) is 1. The van der Waals surface area contributed by atoms with Crippen molar-refractivity contribution in [2.75, 3.05) is 46.3 Å². The predicted octanol–water partition coefficient (Wildman–Crippen LogP) is 0.525. The molecule has 5 nitrogen and oxygen atoms in total. The van der Waals surface area contributed by atoms with Gasteiger partial charge in [-0.3, -0.25) is 4.90 Å². The Morgan fingerprint density at radius 2 is 1.75 bits per heavy atom. The summed E-state index contributed by atoms with van der Waals surface area (Å²) >= 11 is 0. The second-order valence-corrected chi connectivity index (χ2v) is 3.38. The van der Waals surface area contributed by atoms with E-state index in [0.29, 0.717) is 6.54 Å². The number of likely N-dealkylation sites (N-methyl/N-ethyl adjacent to an activating group) is 1. The fourth-order valence-electron chi connectivity index (χ4n) is 1.39. The standard InChI is InChI=1S/C8H17N3O2.C2H6.Y/c1-10-4-6-11(7-5-10)3-2-9-8(12)13;1-2;/h9H,2-7H2,1H3,(H,12,13);1-2H3;. The Bertz CT molecular complexity index is 173. The van der Waals surface area contributed by atoms with E-state index >= 15 is 0 Å². The summed E-state index contributed by atoms with van der Waals surface area (Å²) in [6.45, 7) is 9.58. The van der Waals surface area contributed by atoms with E-state index in [1.165, 1.54) is 0 Å². The SMILES string of the molecule is CC.CN1CCN(CCNC(=O)O)CC1.[Y]. The van der Waals surface area contributed by atoms with Gasteiger partial charge in [0, 0.05) is 72.0 Å². The molecule has 1 rings (SSSR count). The van der Waals surface area contributed by atoms with Gasteiger partial charge in [0.05, 0.1) is 0 Å². The largest absolute Gasteiger partial charge is 0.465 e. The maximum atomic E-state index is 10.2. The third-order valence-electron chi connectivity index (χ3n) is 2.30. The maximum absolute atomic E-state index is 10.2. The summed E-state index contributed by atoms with van der Waals surface area (Å²) in [4.78, 5) is 14.7. The van der Waals surface area contributed by atoms with Crippen LogP contribution in [0.5, 0.6) is 0 Å². The maximum Gasteiger partial charge on any atom is 0.404 e. The first-order valence-corrected chi connectivity index (χ1v) is 5.56. The van der Waals surface area contributed by atoms with E-state index in [1.54, 1.807) is 0 Å². The van der Waals surface area contributed by atoms with Crippen LogP contribution in [0.25, 0.3) is 0 Å². The van der Waals surface area contributed by atoms with Gasteiger partial charge in [-0.2, -0.15) is 0 Å². The van der Waals surface area contributed by atoms with Gasteiger partial charge in [0.2, 0.25) is 0 Å². The Hall–Kier alpha value is 0.294. The van der Waals surface area contributed by atoms with Gasteiger partial charge in [0.25, 0.3) is 0 Å². The molecule has 1 saturated heterocycles. The number of carbonyl (C=O) groups is 1. The zero-order valence-corrected chi connectivity index (χ0v) is 13.4. The van der Waals surface area contributed by atoms with Gasteiger partial charge in [-0.25, -0.2) is 4.79 Å². The first-order chi connectivity index (χ1) is 7.18.